The maximum absolute atomic E-state index is 9.26. The van der Waals surface area contributed by atoms with Gasteiger partial charge >= 0.3 is 0 Å². The molecule has 0 aliphatic carbocycles. The van der Waals surface area contributed by atoms with Crippen molar-refractivity contribution in [1.29, 1.82) is 0 Å². The molecular formula is C20H43NO. The summed E-state index contributed by atoms with van der Waals surface area (Å²) in [5, 5.41) is 9.26. The highest BCUT2D eigenvalue weighted by Crippen LogP contribution is 2.14. The number of unbranched alkanes of at least 4 members (excludes halogenated alkanes) is 13. The van der Waals surface area contributed by atoms with Crippen molar-refractivity contribution in [2.24, 2.45) is 0 Å². The summed E-state index contributed by atoms with van der Waals surface area (Å²) in [6.07, 6.45) is 20.9. The molecule has 0 radical (unpaired) electrons. The van der Waals surface area contributed by atoms with Gasteiger partial charge in [-0.15, -0.1) is 0 Å². The molecule has 0 unspecified atom stereocenters. The van der Waals surface area contributed by atoms with Crippen LogP contribution in [-0.2, 0) is 0 Å². The Morgan fingerprint density at radius 3 is 1.32 bits per heavy atom. The molecule has 22 heavy (non-hydrogen) atoms. The summed E-state index contributed by atoms with van der Waals surface area (Å²) < 4.78 is 0. The van der Waals surface area contributed by atoms with Crippen molar-refractivity contribution in [2.45, 2.75) is 109 Å². The molecule has 2 heteroatoms. The number of hydrogen-bond donors (Lipinski definition) is 1. The second-order valence-electron chi connectivity index (χ2n) is 7.18. The van der Waals surface area contributed by atoms with Gasteiger partial charge in [0.05, 0.1) is 6.61 Å². The Labute approximate surface area is 140 Å². The first-order chi connectivity index (χ1) is 10.7. The first-order valence-electron chi connectivity index (χ1n) is 9.99. The Morgan fingerprint density at radius 2 is 1.00 bits per heavy atom. The molecule has 0 aliphatic rings. The molecular weight excluding hydrogens is 270 g/mol. The van der Waals surface area contributed by atoms with Gasteiger partial charge in [-0.3, -0.25) is 0 Å². The van der Waals surface area contributed by atoms with Crippen LogP contribution in [0.3, 0.4) is 0 Å². The Morgan fingerprint density at radius 1 is 0.636 bits per heavy atom. The van der Waals surface area contributed by atoms with Crippen LogP contribution in [0.5, 0.6) is 0 Å². The van der Waals surface area contributed by atoms with Crippen LogP contribution >= 0.6 is 0 Å². The van der Waals surface area contributed by atoms with E-state index in [2.05, 4.69) is 25.9 Å². The maximum Gasteiger partial charge on any atom is 0.0586 e. The minimum Gasteiger partial charge on any atom is -0.395 e. The number of nitrogens with zero attached hydrogens (tertiary/aromatic N) is 1. The van der Waals surface area contributed by atoms with Crippen molar-refractivity contribution in [1.82, 2.24) is 4.90 Å². The van der Waals surface area contributed by atoms with Crippen molar-refractivity contribution in [3.05, 3.63) is 0 Å². The van der Waals surface area contributed by atoms with Crippen LogP contribution in [0.15, 0.2) is 0 Å². The van der Waals surface area contributed by atoms with E-state index in [9.17, 15) is 5.11 Å². The second-order valence-corrected chi connectivity index (χ2v) is 7.18. The summed E-state index contributed by atoms with van der Waals surface area (Å²) in [5.74, 6) is 0. The molecule has 0 fully saturated rings. The summed E-state index contributed by atoms with van der Waals surface area (Å²) in [5.41, 5.74) is 0. The SMILES string of the molecule is CCCCCCCCCCCCCCCC[C@H](CO)N(C)C. The lowest BCUT2D eigenvalue weighted by molar-refractivity contribution is 0.159. The zero-order chi connectivity index (χ0) is 16.5. The third-order valence-electron chi connectivity index (χ3n) is 4.83. The zero-order valence-corrected chi connectivity index (χ0v) is 15.8. The Balaban J connectivity index is 3.11. The van der Waals surface area contributed by atoms with Gasteiger partial charge in [0.25, 0.3) is 0 Å². The van der Waals surface area contributed by atoms with Gasteiger partial charge in [-0.05, 0) is 20.5 Å². The smallest absolute Gasteiger partial charge is 0.0586 e. The first kappa shape index (κ1) is 21.9. The summed E-state index contributed by atoms with van der Waals surface area (Å²) in [4.78, 5) is 2.14. The highest BCUT2D eigenvalue weighted by molar-refractivity contribution is 4.64. The second kappa shape index (κ2) is 17.3. The van der Waals surface area contributed by atoms with Gasteiger partial charge < -0.3 is 10.0 Å². The standard InChI is InChI=1S/C20H43NO/c1-4-5-6-7-8-9-10-11-12-13-14-15-16-17-18-20(19-22)21(2)3/h20,22H,4-19H2,1-3H3/t20-/m1/s1. The van der Waals surface area contributed by atoms with E-state index in [-0.39, 0.29) is 0 Å². The molecule has 0 spiro atoms. The van der Waals surface area contributed by atoms with E-state index in [1.807, 2.05) is 0 Å². The van der Waals surface area contributed by atoms with Gasteiger partial charge in [-0.25, -0.2) is 0 Å². The van der Waals surface area contributed by atoms with Crippen molar-refractivity contribution < 1.29 is 5.11 Å². The fourth-order valence-electron chi connectivity index (χ4n) is 3.09. The predicted molar refractivity (Wildman–Crippen MR) is 99.5 cm³/mol. The van der Waals surface area contributed by atoms with Gasteiger partial charge in [0.1, 0.15) is 0 Å². The topological polar surface area (TPSA) is 23.5 Å². The van der Waals surface area contributed by atoms with Gasteiger partial charge in [-0.1, -0.05) is 96.8 Å². The van der Waals surface area contributed by atoms with Crippen LogP contribution in [-0.4, -0.2) is 36.8 Å². The molecule has 134 valence electrons. The lowest BCUT2D eigenvalue weighted by Crippen LogP contribution is -2.31. The minimum absolute atomic E-state index is 0.297. The monoisotopic (exact) mass is 313 g/mol. The molecule has 0 heterocycles. The van der Waals surface area contributed by atoms with E-state index < -0.39 is 0 Å². The van der Waals surface area contributed by atoms with Crippen LogP contribution in [0.1, 0.15) is 103 Å². The van der Waals surface area contributed by atoms with Gasteiger partial charge in [0.2, 0.25) is 0 Å². The van der Waals surface area contributed by atoms with Crippen LogP contribution in [0.4, 0.5) is 0 Å². The van der Waals surface area contributed by atoms with E-state index in [0.29, 0.717) is 12.6 Å². The number of hydrogen-bond acceptors (Lipinski definition) is 2. The van der Waals surface area contributed by atoms with E-state index in [1.165, 1.54) is 89.9 Å². The number of rotatable bonds is 17. The summed E-state index contributed by atoms with van der Waals surface area (Å²) in [6.45, 7) is 2.58. The number of aliphatic hydroxyl groups excluding tert-OH is 1. The van der Waals surface area contributed by atoms with Gasteiger partial charge in [-0.2, -0.15) is 0 Å². The number of aliphatic hydroxyl groups is 1. The fourth-order valence-corrected chi connectivity index (χ4v) is 3.09. The largest absolute Gasteiger partial charge is 0.395 e. The molecule has 0 rings (SSSR count). The van der Waals surface area contributed by atoms with Crippen molar-refractivity contribution in [3.8, 4) is 0 Å². The molecule has 0 aromatic rings. The molecule has 2 nitrogen and oxygen atoms in total. The average molecular weight is 314 g/mol. The van der Waals surface area contributed by atoms with Crippen molar-refractivity contribution in [2.75, 3.05) is 20.7 Å². The van der Waals surface area contributed by atoms with Crippen molar-refractivity contribution in [3.63, 3.8) is 0 Å². The van der Waals surface area contributed by atoms with Crippen LogP contribution in [0.25, 0.3) is 0 Å². The van der Waals surface area contributed by atoms with Crippen LogP contribution in [0, 0.1) is 0 Å². The maximum atomic E-state index is 9.26. The molecule has 0 aromatic carbocycles. The molecule has 0 amide bonds. The Kier molecular flexibility index (Phi) is 17.2. The van der Waals surface area contributed by atoms with Crippen LogP contribution in [0.2, 0.25) is 0 Å². The molecule has 0 saturated carbocycles. The zero-order valence-electron chi connectivity index (χ0n) is 15.8. The van der Waals surface area contributed by atoms with E-state index >= 15 is 0 Å². The number of likely N-dealkylation sites (N-methyl/N-ethyl adjacent to an activating group) is 1. The Bertz CT molecular complexity index is 206. The normalized spacial score (nSPS) is 13.0. The van der Waals surface area contributed by atoms with Gasteiger partial charge in [0, 0.05) is 6.04 Å². The highest BCUT2D eigenvalue weighted by atomic mass is 16.3. The third kappa shape index (κ3) is 14.8. The summed E-state index contributed by atoms with van der Waals surface area (Å²) in [6, 6.07) is 0.359. The quantitative estimate of drug-likeness (QED) is 0.344. The highest BCUT2D eigenvalue weighted by Gasteiger charge is 2.08. The lowest BCUT2D eigenvalue weighted by Gasteiger charge is -2.21. The molecule has 0 aliphatic heterocycles. The predicted octanol–water partition coefficient (Wildman–Crippen LogP) is 5.78. The molecule has 0 aromatic heterocycles. The van der Waals surface area contributed by atoms with E-state index in [0.717, 1.165) is 6.42 Å². The van der Waals surface area contributed by atoms with E-state index in [1.54, 1.807) is 0 Å². The molecule has 1 atom stereocenters. The van der Waals surface area contributed by atoms with E-state index in [4.69, 9.17) is 0 Å². The van der Waals surface area contributed by atoms with Crippen molar-refractivity contribution >= 4 is 0 Å². The van der Waals surface area contributed by atoms with Gasteiger partial charge in [0.15, 0.2) is 0 Å². The molecule has 0 saturated heterocycles. The first-order valence-corrected chi connectivity index (χ1v) is 9.99. The lowest BCUT2D eigenvalue weighted by atomic mass is 10.0. The summed E-state index contributed by atoms with van der Waals surface area (Å²) in [7, 11) is 4.12. The minimum atomic E-state index is 0.297. The fraction of sp³-hybridized carbons (Fsp3) is 1.00. The summed E-state index contributed by atoms with van der Waals surface area (Å²) >= 11 is 0. The third-order valence-corrected chi connectivity index (χ3v) is 4.83. The molecule has 1 N–H and O–H groups in total. The average Bonchev–Trinajstić information content (AvgIpc) is 2.51. The Hall–Kier alpha value is -0.0800. The molecule has 0 bridgehead atoms. The van der Waals surface area contributed by atoms with Crippen LogP contribution < -0.4 is 0 Å².